The van der Waals surface area contributed by atoms with E-state index in [1.54, 1.807) is 12.3 Å². The second kappa shape index (κ2) is 11.9. The van der Waals surface area contributed by atoms with Crippen molar-refractivity contribution in [3.8, 4) is 5.75 Å². The maximum atomic E-state index is 14.3. The van der Waals surface area contributed by atoms with E-state index in [1.807, 2.05) is 24.0 Å². The molecule has 3 aromatic rings. The molecular weight excluding hydrogens is 497 g/mol. The molecule has 39 heavy (non-hydrogen) atoms. The fraction of sp³-hybridized carbons (Fsp3) is 0.586. The average molecular weight is 538 g/mol. The number of hydrogen-bond donors (Lipinski definition) is 1. The molecule has 0 amide bonds. The van der Waals surface area contributed by atoms with Crippen LogP contribution in [0.4, 0.5) is 16.4 Å². The number of ether oxygens (including phenoxy) is 1. The lowest BCUT2D eigenvalue weighted by molar-refractivity contribution is 0.219. The van der Waals surface area contributed by atoms with Crippen LogP contribution in [-0.2, 0) is 0 Å². The van der Waals surface area contributed by atoms with Crippen molar-refractivity contribution in [2.45, 2.75) is 64.8 Å². The second-order valence-corrected chi connectivity index (χ2v) is 11.3. The van der Waals surface area contributed by atoms with Crippen molar-refractivity contribution in [2.24, 2.45) is 17.6 Å². The van der Waals surface area contributed by atoms with Crippen molar-refractivity contribution in [3.05, 3.63) is 53.4 Å². The van der Waals surface area contributed by atoms with Gasteiger partial charge in [-0.3, -0.25) is 0 Å². The number of halogens is 1. The van der Waals surface area contributed by atoms with E-state index < -0.39 is 0 Å². The van der Waals surface area contributed by atoms with Gasteiger partial charge in [0.05, 0.1) is 18.5 Å². The molecule has 3 atom stereocenters. The van der Waals surface area contributed by atoms with Gasteiger partial charge in [-0.2, -0.15) is 4.98 Å². The van der Waals surface area contributed by atoms with Crippen molar-refractivity contribution in [3.63, 3.8) is 0 Å². The third-order valence-electron chi connectivity index (χ3n) is 8.27. The van der Waals surface area contributed by atoms with E-state index in [-0.39, 0.29) is 23.7 Å². The van der Waals surface area contributed by atoms with E-state index in [2.05, 4.69) is 40.8 Å². The van der Waals surface area contributed by atoms with Gasteiger partial charge in [0.25, 0.3) is 0 Å². The molecule has 0 spiro atoms. The van der Waals surface area contributed by atoms with Crippen molar-refractivity contribution in [2.75, 3.05) is 42.6 Å². The van der Waals surface area contributed by atoms with Gasteiger partial charge in [0.2, 0.25) is 5.95 Å². The van der Waals surface area contributed by atoms with Crippen LogP contribution in [0.2, 0.25) is 0 Å². The van der Waals surface area contributed by atoms with Crippen LogP contribution < -0.4 is 20.3 Å². The molecule has 2 aromatic heterocycles. The molecule has 0 unspecified atom stereocenters. The topological polar surface area (TPSA) is 106 Å². The lowest BCUT2D eigenvalue weighted by Gasteiger charge is -2.33. The van der Waals surface area contributed by atoms with Gasteiger partial charge in [-0.25, -0.2) is 14.4 Å². The Bertz CT molecular complexity index is 1240. The Morgan fingerprint density at radius 1 is 1.10 bits per heavy atom. The molecule has 0 aliphatic carbocycles. The van der Waals surface area contributed by atoms with Crippen LogP contribution in [-0.4, -0.2) is 58.9 Å². The first kappa shape index (κ1) is 27.3. The van der Waals surface area contributed by atoms with Gasteiger partial charge >= 0.3 is 6.01 Å². The first-order chi connectivity index (χ1) is 18.8. The lowest BCUT2D eigenvalue weighted by atomic mass is 9.84. The first-order valence-electron chi connectivity index (χ1n) is 14.1. The van der Waals surface area contributed by atoms with E-state index in [0.29, 0.717) is 54.8 Å². The molecule has 1 aromatic carbocycles. The monoisotopic (exact) mass is 537 g/mol. The highest BCUT2D eigenvalue weighted by Crippen LogP contribution is 2.32. The summed E-state index contributed by atoms with van der Waals surface area (Å²) >= 11 is 0. The van der Waals surface area contributed by atoms with E-state index >= 15 is 0 Å². The van der Waals surface area contributed by atoms with Crippen LogP contribution in [0.25, 0.3) is 0 Å². The minimum absolute atomic E-state index is 0.0936. The highest BCUT2D eigenvalue weighted by atomic mass is 19.1. The lowest BCUT2D eigenvalue weighted by Crippen LogP contribution is -2.36. The highest BCUT2D eigenvalue weighted by Gasteiger charge is 2.34. The molecule has 0 bridgehead atoms. The van der Waals surface area contributed by atoms with Crippen LogP contribution >= 0.6 is 0 Å². The molecule has 9 nitrogen and oxygen atoms in total. The maximum absolute atomic E-state index is 14.3. The second-order valence-electron chi connectivity index (χ2n) is 11.3. The van der Waals surface area contributed by atoms with Gasteiger partial charge < -0.3 is 24.8 Å². The molecule has 2 aliphatic rings. The number of aromatic nitrogens is 4. The first-order valence-corrected chi connectivity index (χ1v) is 14.1. The molecule has 0 radical (unpaired) electrons. The van der Waals surface area contributed by atoms with E-state index in [4.69, 9.17) is 20.0 Å². The molecular formula is C29H40FN7O2. The SMILES string of the molecule is Cc1nc(N2C[C@H](c3ccccc3F)[C@@H](N)C2)ncc1OCC[C@@H](C)C1CCN(c2nc(C(C)C)no2)CC1. The molecule has 2 saturated heterocycles. The molecule has 4 heterocycles. The van der Waals surface area contributed by atoms with Gasteiger partial charge in [0.15, 0.2) is 11.6 Å². The van der Waals surface area contributed by atoms with Gasteiger partial charge in [0, 0.05) is 44.1 Å². The Morgan fingerprint density at radius 3 is 2.56 bits per heavy atom. The van der Waals surface area contributed by atoms with Crippen LogP contribution in [0.5, 0.6) is 5.75 Å². The van der Waals surface area contributed by atoms with E-state index in [9.17, 15) is 4.39 Å². The zero-order valence-electron chi connectivity index (χ0n) is 23.4. The molecule has 2 N–H and O–H groups in total. The van der Waals surface area contributed by atoms with Crippen LogP contribution in [0.15, 0.2) is 35.0 Å². The van der Waals surface area contributed by atoms with Gasteiger partial charge in [-0.15, -0.1) is 0 Å². The summed E-state index contributed by atoms with van der Waals surface area (Å²) < 4.78 is 25.9. The van der Waals surface area contributed by atoms with Crippen molar-refractivity contribution in [1.82, 2.24) is 20.1 Å². The standard InChI is InChI=1S/C29H40FN7O2/c1-18(2)27-34-29(39-35-27)36-12-9-21(10-13-36)19(3)11-14-38-26-15-32-28(33-20(26)4)37-16-23(25(31)17-37)22-7-5-6-8-24(22)30/h5-8,15,18-19,21,23,25H,9-14,16-17,31H2,1-4H3/t19-,23-,25+/m1/s1. The molecule has 10 heteroatoms. The van der Waals surface area contributed by atoms with Crippen molar-refractivity contribution in [1.29, 1.82) is 0 Å². The Morgan fingerprint density at radius 2 is 1.87 bits per heavy atom. The van der Waals surface area contributed by atoms with Crippen LogP contribution in [0, 0.1) is 24.6 Å². The predicted molar refractivity (Wildman–Crippen MR) is 149 cm³/mol. The summed E-state index contributed by atoms with van der Waals surface area (Å²) in [6, 6.07) is 7.31. The zero-order valence-corrected chi connectivity index (χ0v) is 23.4. The third-order valence-corrected chi connectivity index (χ3v) is 8.27. The number of nitrogens with zero attached hydrogens (tertiary/aromatic N) is 6. The Balaban J connectivity index is 1.09. The van der Waals surface area contributed by atoms with Gasteiger partial charge in [-0.1, -0.05) is 44.1 Å². The number of aryl methyl sites for hydroxylation is 1. The molecule has 0 saturated carbocycles. The van der Waals surface area contributed by atoms with Crippen molar-refractivity contribution < 1.29 is 13.7 Å². The van der Waals surface area contributed by atoms with Gasteiger partial charge in [-0.05, 0) is 49.7 Å². The molecule has 5 rings (SSSR count). The number of rotatable bonds is 9. The van der Waals surface area contributed by atoms with E-state index in [1.165, 1.54) is 6.07 Å². The fourth-order valence-corrected chi connectivity index (χ4v) is 5.67. The quantitative estimate of drug-likeness (QED) is 0.416. The normalized spacial score (nSPS) is 21.1. The number of anilines is 2. The van der Waals surface area contributed by atoms with Crippen molar-refractivity contribution >= 4 is 12.0 Å². The number of nitrogens with two attached hydrogens (primary N) is 1. The smallest absolute Gasteiger partial charge is 0.324 e. The van der Waals surface area contributed by atoms with Crippen LogP contribution in [0.3, 0.4) is 0 Å². The fourth-order valence-electron chi connectivity index (χ4n) is 5.67. The summed E-state index contributed by atoms with van der Waals surface area (Å²) in [4.78, 5) is 18.0. The molecule has 210 valence electrons. The number of benzene rings is 1. The summed E-state index contributed by atoms with van der Waals surface area (Å²) in [5.74, 6) is 3.21. The third kappa shape index (κ3) is 6.16. The molecule has 2 fully saturated rings. The summed E-state index contributed by atoms with van der Waals surface area (Å²) in [5.41, 5.74) is 7.83. The minimum Gasteiger partial charge on any atom is -0.490 e. The highest BCUT2D eigenvalue weighted by molar-refractivity contribution is 5.40. The zero-order chi connectivity index (χ0) is 27.5. The number of piperidine rings is 1. The number of hydrogen-bond acceptors (Lipinski definition) is 9. The Labute approximate surface area is 230 Å². The summed E-state index contributed by atoms with van der Waals surface area (Å²) in [5, 5.41) is 4.09. The summed E-state index contributed by atoms with van der Waals surface area (Å²) in [7, 11) is 0. The van der Waals surface area contributed by atoms with Gasteiger partial charge in [0.1, 0.15) is 5.82 Å². The van der Waals surface area contributed by atoms with E-state index in [0.717, 1.165) is 43.9 Å². The minimum atomic E-state index is -0.215. The average Bonchev–Trinajstić information content (AvgIpc) is 3.58. The predicted octanol–water partition coefficient (Wildman–Crippen LogP) is 4.68. The molecule has 2 aliphatic heterocycles. The Kier molecular flexibility index (Phi) is 8.30. The van der Waals surface area contributed by atoms with Crippen LogP contribution in [0.1, 0.15) is 69.0 Å². The maximum Gasteiger partial charge on any atom is 0.324 e. The largest absolute Gasteiger partial charge is 0.490 e. The summed E-state index contributed by atoms with van der Waals surface area (Å²) in [6.07, 6.45) is 4.92. The summed E-state index contributed by atoms with van der Waals surface area (Å²) in [6.45, 7) is 12.0. The Hall–Kier alpha value is -3.27.